The molecule has 0 aliphatic rings. The third-order valence-corrected chi connectivity index (χ3v) is 2.35. The molecule has 84 valence electrons. The predicted octanol–water partition coefficient (Wildman–Crippen LogP) is 1.39. The van der Waals surface area contributed by atoms with Crippen molar-refractivity contribution in [2.75, 3.05) is 25.0 Å². The Labute approximate surface area is 91.5 Å². The molecule has 0 aromatic carbocycles. The van der Waals surface area contributed by atoms with Gasteiger partial charge in [-0.3, -0.25) is 0 Å². The van der Waals surface area contributed by atoms with Gasteiger partial charge < -0.3 is 10.6 Å². The Hall–Kier alpha value is -1.16. The molecule has 0 bridgehead atoms. The lowest BCUT2D eigenvalue weighted by molar-refractivity contribution is 0.771. The zero-order chi connectivity index (χ0) is 11.3. The van der Waals surface area contributed by atoms with Gasteiger partial charge in [0.05, 0.1) is 0 Å². The van der Waals surface area contributed by atoms with E-state index in [1.165, 1.54) is 0 Å². The number of nitrogens with zero attached hydrogens (tertiary/aromatic N) is 3. The van der Waals surface area contributed by atoms with Crippen molar-refractivity contribution in [2.24, 2.45) is 5.73 Å². The van der Waals surface area contributed by atoms with E-state index in [-0.39, 0.29) is 0 Å². The standard InChI is InChI=1S/C11H20N4/c1-9(2)10-7-11(14-8-13-10)15(3)6-4-5-12/h7-9H,4-6,12H2,1-3H3. The van der Waals surface area contributed by atoms with Gasteiger partial charge in [-0.1, -0.05) is 13.8 Å². The summed E-state index contributed by atoms with van der Waals surface area (Å²) in [7, 11) is 2.03. The summed E-state index contributed by atoms with van der Waals surface area (Å²) in [6.07, 6.45) is 2.61. The molecule has 1 heterocycles. The number of aromatic nitrogens is 2. The van der Waals surface area contributed by atoms with Crippen LogP contribution in [-0.2, 0) is 0 Å². The summed E-state index contributed by atoms with van der Waals surface area (Å²) in [6.45, 7) is 5.91. The Morgan fingerprint density at radius 2 is 2.13 bits per heavy atom. The fraction of sp³-hybridized carbons (Fsp3) is 0.636. The first-order valence-corrected chi connectivity index (χ1v) is 5.38. The summed E-state index contributed by atoms with van der Waals surface area (Å²) in [4.78, 5) is 10.6. The van der Waals surface area contributed by atoms with E-state index < -0.39 is 0 Å². The summed E-state index contributed by atoms with van der Waals surface area (Å²) in [5.74, 6) is 1.41. The normalized spacial score (nSPS) is 10.7. The molecule has 15 heavy (non-hydrogen) atoms. The monoisotopic (exact) mass is 208 g/mol. The number of hydrogen-bond donors (Lipinski definition) is 1. The third kappa shape index (κ3) is 3.47. The van der Waals surface area contributed by atoms with E-state index in [9.17, 15) is 0 Å². The van der Waals surface area contributed by atoms with Crippen LogP contribution >= 0.6 is 0 Å². The Balaban J connectivity index is 2.71. The van der Waals surface area contributed by atoms with E-state index in [0.717, 1.165) is 24.5 Å². The summed E-state index contributed by atoms with van der Waals surface area (Å²) in [5.41, 5.74) is 6.56. The number of nitrogens with two attached hydrogens (primary N) is 1. The van der Waals surface area contributed by atoms with E-state index >= 15 is 0 Å². The topological polar surface area (TPSA) is 55.0 Å². The van der Waals surface area contributed by atoms with Crippen molar-refractivity contribution in [2.45, 2.75) is 26.2 Å². The van der Waals surface area contributed by atoms with Crippen LogP contribution in [0.25, 0.3) is 0 Å². The lowest BCUT2D eigenvalue weighted by Gasteiger charge is -2.18. The van der Waals surface area contributed by atoms with E-state index in [1.807, 2.05) is 13.1 Å². The molecule has 0 radical (unpaired) electrons. The zero-order valence-electron chi connectivity index (χ0n) is 9.77. The van der Waals surface area contributed by atoms with Crippen LogP contribution in [0, 0.1) is 0 Å². The quantitative estimate of drug-likeness (QED) is 0.794. The van der Waals surface area contributed by atoms with Crippen LogP contribution in [-0.4, -0.2) is 30.1 Å². The van der Waals surface area contributed by atoms with Gasteiger partial charge in [-0.25, -0.2) is 9.97 Å². The molecule has 1 aromatic heterocycles. The van der Waals surface area contributed by atoms with E-state index in [0.29, 0.717) is 12.5 Å². The molecule has 0 saturated carbocycles. The van der Waals surface area contributed by atoms with Gasteiger partial charge in [-0.2, -0.15) is 0 Å². The van der Waals surface area contributed by atoms with Gasteiger partial charge in [-0.15, -0.1) is 0 Å². The maximum Gasteiger partial charge on any atom is 0.131 e. The fourth-order valence-corrected chi connectivity index (χ4v) is 1.33. The molecule has 0 spiro atoms. The van der Waals surface area contributed by atoms with Crippen LogP contribution in [0.1, 0.15) is 31.9 Å². The van der Waals surface area contributed by atoms with Crippen molar-refractivity contribution in [3.8, 4) is 0 Å². The average Bonchev–Trinajstić information content (AvgIpc) is 2.26. The SMILES string of the molecule is CC(C)c1cc(N(C)CCCN)ncn1. The zero-order valence-corrected chi connectivity index (χ0v) is 9.77. The van der Waals surface area contributed by atoms with Crippen LogP contribution in [0.2, 0.25) is 0 Å². The van der Waals surface area contributed by atoms with Crippen molar-refractivity contribution >= 4 is 5.82 Å². The molecule has 0 unspecified atom stereocenters. The van der Waals surface area contributed by atoms with Crippen molar-refractivity contribution < 1.29 is 0 Å². The summed E-state index contributed by atoms with van der Waals surface area (Å²) < 4.78 is 0. The lowest BCUT2D eigenvalue weighted by Crippen LogP contribution is -2.22. The highest BCUT2D eigenvalue weighted by molar-refractivity contribution is 5.38. The maximum absolute atomic E-state index is 5.47. The highest BCUT2D eigenvalue weighted by Crippen LogP contribution is 2.15. The molecule has 0 fully saturated rings. The van der Waals surface area contributed by atoms with Gasteiger partial charge in [-0.05, 0) is 18.9 Å². The molecule has 0 atom stereocenters. The molecule has 0 aliphatic carbocycles. The first-order valence-electron chi connectivity index (χ1n) is 5.38. The number of rotatable bonds is 5. The number of hydrogen-bond acceptors (Lipinski definition) is 4. The highest BCUT2D eigenvalue weighted by atomic mass is 15.2. The third-order valence-electron chi connectivity index (χ3n) is 2.35. The Bertz CT molecular complexity index is 298. The van der Waals surface area contributed by atoms with Crippen molar-refractivity contribution in [3.63, 3.8) is 0 Å². The summed E-state index contributed by atoms with van der Waals surface area (Å²) >= 11 is 0. The van der Waals surface area contributed by atoms with Crippen LogP contribution in [0.4, 0.5) is 5.82 Å². The smallest absolute Gasteiger partial charge is 0.131 e. The first-order chi connectivity index (χ1) is 7.15. The molecule has 0 saturated heterocycles. The molecule has 0 aliphatic heterocycles. The van der Waals surface area contributed by atoms with Gasteiger partial charge in [0.2, 0.25) is 0 Å². The first kappa shape index (κ1) is 11.9. The van der Waals surface area contributed by atoms with Crippen LogP contribution in [0.3, 0.4) is 0 Å². The van der Waals surface area contributed by atoms with Crippen LogP contribution in [0.5, 0.6) is 0 Å². The molecule has 1 rings (SSSR count). The van der Waals surface area contributed by atoms with E-state index in [2.05, 4.69) is 28.7 Å². The fourth-order valence-electron chi connectivity index (χ4n) is 1.33. The van der Waals surface area contributed by atoms with Gasteiger partial charge >= 0.3 is 0 Å². The minimum absolute atomic E-state index is 0.439. The molecular formula is C11H20N4. The second kappa shape index (κ2) is 5.66. The molecular weight excluding hydrogens is 188 g/mol. The van der Waals surface area contributed by atoms with Crippen LogP contribution < -0.4 is 10.6 Å². The molecule has 2 N–H and O–H groups in total. The molecule has 4 nitrogen and oxygen atoms in total. The van der Waals surface area contributed by atoms with Crippen molar-refractivity contribution in [1.82, 2.24) is 9.97 Å². The Kier molecular flexibility index (Phi) is 4.49. The van der Waals surface area contributed by atoms with Gasteiger partial charge in [0.1, 0.15) is 12.1 Å². The average molecular weight is 208 g/mol. The second-order valence-electron chi connectivity index (χ2n) is 4.02. The van der Waals surface area contributed by atoms with Crippen molar-refractivity contribution in [3.05, 3.63) is 18.1 Å². The second-order valence-corrected chi connectivity index (χ2v) is 4.02. The van der Waals surface area contributed by atoms with Gasteiger partial charge in [0.25, 0.3) is 0 Å². The summed E-state index contributed by atoms with van der Waals surface area (Å²) in [5, 5.41) is 0. The number of anilines is 1. The van der Waals surface area contributed by atoms with Gasteiger partial charge in [0, 0.05) is 25.4 Å². The summed E-state index contributed by atoms with van der Waals surface area (Å²) in [6, 6.07) is 2.04. The largest absolute Gasteiger partial charge is 0.360 e. The van der Waals surface area contributed by atoms with E-state index in [1.54, 1.807) is 6.33 Å². The predicted molar refractivity (Wildman–Crippen MR) is 63.1 cm³/mol. The van der Waals surface area contributed by atoms with Crippen molar-refractivity contribution in [1.29, 1.82) is 0 Å². The Morgan fingerprint density at radius 1 is 1.40 bits per heavy atom. The van der Waals surface area contributed by atoms with Gasteiger partial charge in [0.15, 0.2) is 0 Å². The highest BCUT2D eigenvalue weighted by Gasteiger charge is 2.06. The lowest BCUT2D eigenvalue weighted by atomic mass is 10.1. The van der Waals surface area contributed by atoms with E-state index in [4.69, 9.17) is 5.73 Å². The minimum atomic E-state index is 0.439. The molecule has 0 amide bonds. The van der Waals surface area contributed by atoms with Crippen LogP contribution in [0.15, 0.2) is 12.4 Å². The maximum atomic E-state index is 5.47. The minimum Gasteiger partial charge on any atom is -0.360 e. The molecule has 4 heteroatoms. The Morgan fingerprint density at radius 3 is 2.73 bits per heavy atom. The molecule has 1 aromatic rings.